The molecule has 0 radical (unpaired) electrons. The lowest BCUT2D eigenvalue weighted by Crippen LogP contribution is -1.98. The molecule has 0 unspecified atom stereocenters. The van der Waals surface area contributed by atoms with Gasteiger partial charge in [-0.3, -0.25) is 0 Å². The minimum atomic E-state index is -0.991. The van der Waals surface area contributed by atoms with Gasteiger partial charge in [0.1, 0.15) is 11.6 Å². The molecule has 1 aromatic heterocycles. The zero-order valence-electron chi connectivity index (χ0n) is 9.42. The van der Waals surface area contributed by atoms with Gasteiger partial charge in [0.15, 0.2) is 0 Å². The number of carboxylic acid groups (broad SMARTS) is 1. The summed E-state index contributed by atoms with van der Waals surface area (Å²) in [5, 5.41) is 8.93. The number of aromatic carboxylic acids is 1. The highest BCUT2D eigenvalue weighted by atomic mass is 127. The average Bonchev–Trinajstić information content (AvgIpc) is 2.31. The fraction of sp³-hybridized carbons (Fsp3) is 0.0833. The number of halogens is 1. The Kier molecular flexibility index (Phi) is 3.75. The van der Waals surface area contributed by atoms with E-state index in [9.17, 15) is 4.79 Å². The largest absolute Gasteiger partial charge is 0.478 e. The molecule has 0 fully saturated rings. The molecule has 2 aromatic rings. The summed E-state index contributed by atoms with van der Waals surface area (Å²) in [7, 11) is 0. The molecule has 1 aromatic carbocycles. The number of hydrogen-bond acceptors (Lipinski definition) is 4. The quantitative estimate of drug-likeness (QED) is 0.857. The van der Waals surface area contributed by atoms with Gasteiger partial charge in [0, 0.05) is 12.3 Å². The van der Waals surface area contributed by atoms with E-state index in [1.807, 2.05) is 0 Å². The van der Waals surface area contributed by atoms with Crippen LogP contribution in [-0.2, 0) is 0 Å². The minimum absolute atomic E-state index is 0.177. The molecule has 92 valence electrons. The first-order chi connectivity index (χ1) is 8.56. The topological polar surface area (TPSA) is 72.3 Å². The monoisotopic (exact) mass is 356 g/mol. The molecule has 2 rings (SSSR count). The number of carboxylic acids is 1. The van der Waals surface area contributed by atoms with E-state index < -0.39 is 5.97 Å². The van der Waals surface area contributed by atoms with Crippen molar-refractivity contribution < 1.29 is 14.6 Å². The van der Waals surface area contributed by atoms with Crippen LogP contribution in [0.25, 0.3) is 0 Å². The Hall–Kier alpha value is -1.70. The van der Waals surface area contributed by atoms with Crippen molar-refractivity contribution in [2.24, 2.45) is 0 Å². The normalized spacial score (nSPS) is 10.1. The van der Waals surface area contributed by atoms with Gasteiger partial charge in [0.05, 0.1) is 9.13 Å². The highest BCUT2D eigenvalue weighted by Gasteiger charge is 2.09. The number of rotatable bonds is 3. The highest BCUT2D eigenvalue weighted by molar-refractivity contribution is 14.1. The number of benzene rings is 1. The van der Waals surface area contributed by atoms with Gasteiger partial charge in [-0.1, -0.05) is 0 Å². The van der Waals surface area contributed by atoms with Crippen LogP contribution in [0.1, 0.15) is 16.2 Å². The summed E-state index contributed by atoms with van der Waals surface area (Å²) < 4.78 is 6.37. The highest BCUT2D eigenvalue weighted by Crippen LogP contribution is 2.26. The number of aryl methyl sites for hydroxylation is 1. The molecule has 0 bridgehead atoms. The minimum Gasteiger partial charge on any atom is -0.478 e. The number of nitrogens with zero attached hydrogens (tertiary/aromatic N) is 2. The van der Waals surface area contributed by atoms with Crippen molar-refractivity contribution in [1.29, 1.82) is 0 Å². The number of ether oxygens (including phenoxy) is 1. The second-order valence-electron chi connectivity index (χ2n) is 3.49. The fourth-order valence-corrected chi connectivity index (χ4v) is 1.76. The molecule has 0 atom stereocenters. The predicted molar refractivity (Wildman–Crippen MR) is 73.0 cm³/mol. The zero-order chi connectivity index (χ0) is 13.1. The van der Waals surface area contributed by atoms with Crippen molar-refractivity contribution in [3.05, 3.63) is 45.4 Å². The van der Waals surface area contributed by atoms with Crippen LogP contribution in [0.3, 0.4) is 0 Å². The van der Waals surface area contributed by atoms with Crippen LogP contribution < -0.4 is 4.74 Å². The van der Waals surface area contributed by atoms with E-state index in [-0.39, 0.29) is 5.56 Å². The third-order valence-electron chi connectivity index (χ3n) is 2.14. The van der Waals surface area contributed by atoms with Crippen molar-refractivity contribution in [3.8, 4) is 11.6 Å². The standard InChI is InChI=1S/C12H9IN2O3/c1-7-14-5-4-11(15-7)18-10-6-8(12(16)17)2-3-9(10)13/h2-6H,1H3,(H,16,17). The maximum Gasteiger partial charge on any atom is 0.335 e. The molecule has 0 aliphatic carbocycles. The smallest absolute Gasteiger partial charge is 0.335 e. The third-order valence-corrected chi connectivity index (χ3v) is 3.03. The molecular weight excluding hydrogens is 347 g/mol. The maximum atomic E-state index is 10.9. The molecule has 18 heavy (non-hydrogen) atoms. The Morgan fingerprint density at radius 1 is 1.39 bits per heavy atom. The van der Waals surface area contributed by atoms with Gasteiger partial charge in [0.2, 0.25) is 5.88 Å². The maximum absolute atomic E-state index is 10.9. The van der Waals surface area contributed by atoms with Crippen molar-refractivity contribution in [3.63, 3.8) is 0 Å². The van der Waals surface area contributed by atoms with Gasteiger partial charge in [-0.15, -0.1) is 0 Å². The van der Waals surface area contributed by atoms with E-state index in [4.69, 9.17) is 9.84 Å². The van der Waals surface area contributed by atoms with Crippen LogP contribution in [-0.4, -0.2) is 21.0 Å². The molecule has 0 amide bonds. The van der Waals surface area contributed by atoms with Crippen molar-refractivity contribution in [2.45, 2.75) is 6.92 Å². The summed E-state index contributed by atoms with van der Waals surface area (Å²) in [6.07, 6.45) is 1.59. The summed E-state index contributed by atoms with van der Waals surface area (Å²) >= 11 is 2.07. The van der Waals surface area contributed by atoms with E-state index in [2.05, 4.69) is 32.6 Å². The second kappa shape index (κ2) is 5.30. The molecule has 5 nitrogen and oxygen atoms in total. The fourth-order valence-electron chi connectivity index (χ4n) is 1.32. The van der Waals surface area contributed by atoms with Crippen molar-refractivity contribution >= 4 is 28.6 Å². The van der Waals surface area contributed by atoms with Gasteiger partial charge in [-0.25, -0.2) is 9.78 Å². The predicted octanol–water partition coefficient (Wildman–Crippen LogP) is 2.88. The lowest BCUT2D eigenvalue weighted by atomic mass is 10.2. The van der Waals surface area contributed by atoms with Gasteiger partial charge < -0.3 is 9.84 Å². The number of hydrogen-bond donors (Lipinski definition) is 1. The molecule has 0 spiro atoms. The Bertz CT molecular complexity index is 602. The molecule has 0 saturated heterocycles. The van der Waals surface area contributed by atoms with Crippen LogP contribution in [0, 0.1) is 10.5 Å². The Morgan fingerprint density at radius 2 is 2.17 bits per heavy atom. The number of aromatic nitrogens is 2. The molecule has 0 aliphatic rings. The summed E-state index contributed by atoms with van der Waals surface area (Å²) in [6.45, 7) is 1.76. The molecule has 1 N–H and O–H groups in total. The molecular formula is C12H9IN2O3. The van der Waals surface area contributed by atoms with Crippen LogP contribution in [0.2, 0.25) is 0 Å². The first-order valence-electron chi connectivity index (χ1n) is 5.06. The second-order valence-corrected chi connectivity index (χ2v) is 4.66. The SMILES string of the molecule is Cc1nccc(Oc2cc(C(=O)O)ccc2I)n1. The van der Waals surface area contributed by atoms with Gasteiger partial charge in [0.25, 0.3) is 0 Å². The summed E-state index contributed by atoms with van der Waals surface area (Å²) in [5.41, 5.74) is 0.177. The van der Waals surface area contributed by atoms with E-state index in [1.54, 1.807) is 25.3 Å². The first kappa shape index (κ1) is 12.7. The van der Waals surface area contributed by atoms with Crippen LogP contribution in [0.15, 0.2) is 30.5 Å². The van der Waals surface area contributed by atoms with E-state index in [1.165, 1.54) is 12.1 Å². The van der Waals surface area contributed by atoms with E-state index in [0.29, 0.717) is 17.5 Å². The summed E-state index contributed by atoms with van der Waals surface area (Å²) in [4.78, 5) is 18.9. The van der Waals surface area contributed by atoms with Crippen LogP contribution >= 0.6 is 22.6 Å². The Labute approximate surface area is 117 Å². The van der Waals surface area contributed by atoms with E-state index >= 15 is 0 Å². The molecule has 0 saturated carbocycles. The Morgan fingerprint density at radius 3 is 2.83 bits per heavy atom. The summed E-state index contributed by atoms with van der Waals surface area (Å²) in [5.74, 6) is 0.462. The van der Waals surface area contributed by atoms with E-state index in [0.717, 1.165) is 3.57 Å². The number of carbonyl (C=O) groups is 1. The van der Waals surface area contributed by atoms with Crippen molar-refractivity contribution in [2.75, 3.05) is 0 Å². The van der Waals surface area contributed by atoms with Gasteiger partial charge in [-0.05, 0) is 47.7 Å². The van der Waals surface area contributed by atoms with Crippen LogP contribution in [0.4, 0.5) is 0 Å². The average molecular weight is 356 g/mol. The third kappa shape index (κ3) is 2.95. The molecule has 1 heterocycles. The van der Waals surface area contributed by atoms with Gasteiger partial charge in [-0.2, -0.15) is 4.98 Å². The lowest BCUT2D eigenvalue weighted by molar-refractivity contribution is 0.0696. The summed E-state index contributed by atoms with van der Waals surface area (Å²) in [6, 6.07) is 6.31. The van der Waals surface area contributed by atoms with Crippen LogP contribution in [0.5, 0.6) is 11.6 Å². The molecule has 0 aliphatic heterocycles. The molecule has 6 heteroatoms. The Balaban J connectivity index is 2.33. The van der Waals surface area contributed by atoms with Gasteiger partial charge >= 0.3 is 5.97 Å². The first-order valence-corrected chi connectivity index (χ1v) is 6.14. The van der Waals surface area contributed by atoms with Crippen molar-refractivity contribution in [1.82, 2.24) is 9.97 Å². The zero-order valence-corrected chi connectivity index (χ0v) is 11.6. The lowest BCUT2D eigenvalue weighted by Gasteiger charge is -2.07.